The van der Waals surface area contributed by atoms with Gasteiger partial charge in [-0.15, -0.1) is 0 Å². The summed E-state index contributed by atoms with van der Waals surface area (Å²) in [5, 5.41) is 3.11. The normalized spacial score (nSPS) is 15.2. The molecule has 0 saturated heterocycles. The lowest BCUT2D eigenvalue weighted by atomic mass is 10.1. The maximum absolute atomic E-state index is 13.2. The number of carbonyl (C=O) groups is 1. The van der Waals surface area contributed by atoms with Gasteiger partial charge in [-0.1, -0.05) is 18.2 Å². The zero-order valence-electron chi connectivity index (χ0n) is 16.6. The van der Waals surface area contributed by atoms with Gasteiger partial charge in [0, 0.05) is 9.64 Å². The lowest BCUT2D eigenvalue weighted by molar-refractivity contribution is -0.144. The van der Waals surface area contributed by atoms with Crippen LogP contribution in [0.5, 0.6) is 0 Å². The van der Waals surface area contributed by atoms with Crippen molar-refractivity contribution < 1.29 is 35.9 Å². The summed E-state index contributed by atoms with van der Waals surface area (Å²) in [4.78, 5) is 16.5. The Hall–Kier alpha value is -2.90. The highest BCUT2D eigenvalue weighted by atomic mass is 127. The summed E-state index contributed by atoms with van der Waals surface area (Å²) in [5.74, 6) is -0.451. The summed E-state index contributed by atoms with van der Waals surface area (Å²) in [6.45, 7) is 1.10. The largest absolute Gasteiger partial charge is 0.435 e. The van der Waals surface area contributed by atoms with Crippen molar-refractivity contribution in [3.05, 3.63) is 79.7 Å². The number of nitrogens with zero attached hydrogens (tertiary/aromatic N) is 3. The molecular formula is C21H12F6IN3O2. The fourth-order valence-corrected chi connectivity index (χ4v) is 4.03. The van der Waals surface area contributed by atoms with E-state index in [1.807, 2.05) is 22.6 Å². The number of carbonyl (C=O) groups excluding carboxylic acids is 1. The Morgan fingerprint density at radius 2 is 1.79 bits per heavy atom. The molecule has 0 atom stereocenters. The zero-order valence-corrected chi connectivity index (χ0v) is 18.7. The summed E-state index contributed by atoms with van der Waals surface area (Å²) in [5.41, 5.74) is -1.01. The summed E-state index contributed by atoms with van der Waals surface area (Å²) < 4.78 is 84.5. The molecule has 0 fully saturated rings. The summed E-state index contributed by atoms with van der Waals surface area (Å²) >= 11 is 2.00. The van der Waals surface area contributed by atoms with Gasteiger partial charge in [0.15, 0.2) is 5.69 Å². The summed E-state index contributed by atoms with van der Waals surface area (Å²) in [6.07, 6.45) is -10.0. The number of hydrogen-bond donors (Lipinski definition) is 0. The molecule has 5 nitrogen and oxygen atoms in total. The quantitative estimate of drug-likeness (QED) is 0.213. The fourth-order valence-electron chi connectivity index (χ4n) is 3.31. The van der Waals surface area contributed by atoms with E-state index < -0.39 is 36.3 Å². The lowest BCUT2D eigenvalue weighted by Gasteiger charge is -2.11. The van der Waals surface area contributed by atoms with Crippen LogP contribution in [0.15, 0.2) is 47.5 Å². The Kier molecular flexibility index (Phi) is 5.75. The lowest BCUT2D eigenvalue weighted by Crippen LogP contribution is -2.15. The Bertz CT molecular complexity index is 1290. The van der Waals surface area contributed by atoms with Crippen LogP contribution in [0.25, 0.3) is 0 Å². The Morgan fingerprint density at radius 3 is 2.42 bits per heavy atom. The van der Waals surface area contributed by atoms with Crippen LogP contribution in [0.1, 0.15) is 38.4 Å². The number of aryl methyl sites for hydroxylation is 1. The number of aliphatic imine (C=N–C) groups is 1. The van der Waals surface area contributed by atoms with Crippen molar-refractivity contribution in [3.63, 3.8) is 0 Å². The molecule has 33 heavy (non-hydrogen) atoms. The van der Waals surface area contributed by atoms with Crippen LogP contribution >= 0.6 is 22.6 Å². The molecule has 0 radical (unpaired) electrons. The van der Waals surface area contributed by atoms with E-state index in [4.69, 9.17) is 4.74 Å². The first-order valence-electron chi connectivity index (χ1n) is 9.26. The number of ether oxygens (including phenoxy) is 1. The zero-order chi connectivity index (χ0) is 24.1. The van der Waals surface area contributed by atoms with Crippen LogP contribution < -0.4 is 0 Å². The van der Waals surface area contributed by atoms with Gasteiger partial charge in [0.1, 0.15) is 5.69 Å². The van der Waals surface area contributed by atoms with Crippen molar-refractivity contribution in [2.24, 2.45) is 4.99 Å². The number of cyclic esters (lactones) is 1. The molecule has 3 aromatic rings. The number of hydrogen-bond acceptors (Lipinski definition) is 4. The molecule has 2 heterocycles. The fraction of sp³-hybridized carbons (Fsp3) is 0.190. The highest BCUT2D eigenvalue weighted by Crippen LogP contribution is 2.36. The average Bonchev–Trinajstić information content (AvgIpc) is 3.26. The SMILES string of the molecule is Cc1cc(Cn2nc(C(F)(F)F)cc2C(F)(F)F)ccc1/N=C1\OC(=O)c2c(I)cccc21. The van der Waals surface area contributed by atoms with Crippen LogP contribution in [0.2, 0.25) is 0 Å². The van der Waals surface area contributed by atoms with Crippen molar-refractivity contribution in [2.75, 3.05) is 0 Å². The summed E-state index contributed by atoms with van der Waals surface area (Å²) in [6, 6.07) is 9.55. The molecule has 0 N–H and O–H groups in total. The maximum atomic E-state index is 13.2. The average molecular weight is 579 g/mol. The first-order chi connectivity index (χ1) is 15.3. The molecule has 0 amide bonds. The van der Waals surface area contributed by atoms with Crippen molar-refractivity contribution in [3.8, 4) is 0 Å². The Labute approximate surface area is 196 Å². The molecule has 1 aliphatic rings. The molecule has 1 aromatic heterocycles. The number of benzene rings is 2. The molecule has 2 aromatic carbocycles. The van der Waals surface area contributed by atoms with Gasteiger partial charge in [-0.05, 0) is 58.8 Å². The van der Waals surface area contributed by atoms with E-state index in [1.165, 1.54) is 18.2 Å². The van der Waals surface area contributed by atoms with E-state index in [2.05, 4.69) is 10.1 Å². The third kappa shape index (κ3) is 4.61. The number of esters is 1. The van der Waals surface area contributed by atoms with Gasteiger partial charge in [0.2, 0.25) is 5.90 Å². The molecule has 0 bridgehead atoms. The monoisotopic (exact) mass is 579 g/mol. The van der Waals surface area contributed by atoms with Gasteiger partial charge < -0.3 is 4.74 Å². The number of aromatic nitrogens is 2. The minimum atomic E-state index is -5.01. The molecule has 0 aliphatic carbocycles. The van der Waals surface area contributed by atoms with Crippen LogP contribution in [0.4, 0.5) is 32.0 Å². The Morgan fingerprint density at radius 1 is 1.06 bits per heavy atom. The van der Waals surface area contributed by atoms with E-state index in [-0.39, 0.29) is 22.2 Å². The minimum absolute atomic E-state index is 0.0134. The van der Waals surface area contributed by atoms with E-state index in [1.54, 1.807) is 25.1 Å². The third-order valence-electron chi connectivity index (χ3n) is 4.81. The van der Waals surface area contributed by atoms with Gasteiger partial charge in [0.25, 0.3) is 0 Å². The smallest absolute Gasteiger partial charge is 0.403 e. The minimum Gasteiger partial charge on any atom is -0.403 e. The maximum Gasteiger partial charge on any atom is 0.435 e. The number of rotatable bonds is 3. The molecule has 172 valence electrons. The van der Waals surface area contributed by atoms with E-state index in [9.17, 15) is 31.1 Å². The molecule has 1 aliphatic heterocycles. The second-order valence-electron chi connectivity index (χ2n) is 7.16. The number of alkyl halides is 6. The van der Waals surface area contributed by atoms with E-state index in [0.29, 0.717) is 25.9 Å². The number of fused-ring (bicyclic) bond motifs is 1. The van der Waals surface area contributed by atoms with E-state index >= 15 is 0 Å². The van der Waals surface area contributed by atoms with E-state index in [0.717, 1.165) is 0 Å². The second kappa shape index (κ2) is 8.15. The van der Waals surface area contributed by atoms with Gasteiger partial charge in [-0.25, -0.2) is 9.79 Å². The van der Waals surface area contributed by atoms with Crippen LogP contribution in [0, 0.1) is 10.5 Å². The molecule has 0 saturated carbocycles. The van der Waals surface area contributed by atoms with Gasteiger partial charge >= 0.3 is 18.3 Å². The first kappa shape index (κ1) is 23.3. The topological polar surface area (TPSA) is 56.5 Å². The first-order valence-corrected chi connectivity index (χ1v) is 10.3. The molecule has 0 spiro atoms. The standard InChI is InChI=1S/C21H12F6IN3O2/c1-10-7-11(9-31-16(21(25,26)27)8-15(30-31)20(22,23)24)5-6-14(10)29-18-12-3-2-4-13(28)17(12)19(32)33-18/h2-8H,9H2,1H3/b29-18-. The van der Waals surface area contributed by atoms with Crippen molar-refractivity contribution >= 4 is 40.1 Å². The predicted molar refractivity (Wildman–Crippen MR) is 113 cm³/mol. The van der Waals surface area contributed by atoms with Gasteiger partial charge in [-0.3, -0.25) is 4.68 Å². The molecule has 4 rings (SSSR count). The van der Waals surface area contributed by atoms with Crippen molar-refractivity contribution in [1.82, 2.24) is 9.78 Å². The molecule has 12 heteroatoms. The van der Waals surface area contributed by atoms with Crippen LogP contribution in [-0.2, 0) is 23.6 Å². The van der Waals surface area contributed by atoms with Crippen molar-refractivity contribution in [2.45, 2.75) is 25.8 Å². The third-order valence-corrected chi connectivity index (χ3v) is 5.71. The number of halogens is 7. The summed E-state index contributed by atoms with van der Waals surface area (Å²) in [7, 11) is 0. The van der Waals surface area contributed by atoms with Crippen LogP contribution in [-0.4, -0.2) is 21.6 Å². The molecule has 0 unspecified atom stereocenters. The van der Waals surface area contributed by atoms with Gasteiger partial charge in [-0.2, -0.15) is 31.4 Å². The van der Waals surface area contributed by atoms with Crippen LogP contribution in [0.3, 0.4) is 0 Å². The van der Waals surface area contributed by atoms with Crippen molar-refractivity contribution in [1.29, 1.82) is 0 Å². The molecular weight excluding hydrogens is 567 g/mol. The Balaban J connectivity index is 1.66. The highest BCUT2D eigenvalue weighted by Gasteiger charge is 2.41. The predicted octanol–water partition coefficient (Wildman–Crippen LogP) is 6.13. The highest BCUT2D eigenvalue weighted by molar-refractivity contribution is 14.1. The van der Waals surface area contributed by atoms with Gasteiger partial charge in [0.05, 0.1) is 23.4 Å². The second-order valence-corrected chi connectivity index (χ2v) is 8.32.